The van der Waals surface area contributed by atoms with Crippen molar-refractivity contribution >= 4 is 17.7 Å². The Balaban J connectivity index is 1.65. The van der Waals surface area contributed by atoms with Gasteiger partial charge in [0.15, 0.2) is 5.16 Å². The molecule has 0 radical (unpaired) electrons. The van der Waals surface area contributed by atoms with Gasteiger partial charge < -0.3 is 10.1 Å². The zero-order chi connectivity index (χ0) is 18.4. The number of aromatic nitrogens is 3. The molecule has 0 saturated heterocycles. The van der Waals surface area contributed by atoms with Crippen LogP contribution in [0.5, 0.6) is 0 Å². The van der Waals surface area contributed by atoms with Gasteiger partial charge >= 0.3 is 0 Å². The summed E-state index contributed by atoms with van der Waals surface area (Å²) in [6.45, 7) is 5.88. The van der Waals surface area contributed by atoms with Crippen molar-refractivity contribution in [3.05, 3.63) is 36.2 Å². The molecule has 26 heavy (non-hydrogen) atoms. The van der Waals surface area contributed by atoms with E-state index in [0.717, 1.165) is 35.9 Å². The molecule has 1 aliphatic carbocycles. The van der Waals surface area contributed by atoms with E-state index in [1.807, 2.05) is 32.0 Å². The molecule has 0 aliphatic heterocycles. The highest BCUT2D eigenvalue weighted by atomic mass is 32.2. The van der Waals surface area contributed by atoms with E-state index in [-0.39, 0.29) is 11.2 Å². The van der Waals surface area contributed by atoms with Crippen molar-refractivity contribution in [2.75, 3.05) is 19.8 Å². The molecule has 140 valence electrons. The van der Waals surface area contributed by atoms with Gasteiger partial charge in [0.25, 0.3) is 0 Å². The van der Waals surface area contributed by atoms with Gasteiger partial charge in [0.1, 0.15) is 5.82 Å². The van der Waals surface area contributed by atoms with Crippen molar-refractivity contribution < 1.29 is 9.53 Å². The fourth-order valence-corrected chi connectivity index (χ4v) is 3.57. The Bertz CT molecular complexity index is 716. The first-order chi connectivity index (χ1) is 12.7. The van der Waals surface area contributed by atoms with Gasteiger partial charge in [0, 0.05) is 31.4 Å². The maximum atomic E-state index is 12.4. The summed E-state index contributed by atoms with van der Waals surface area (Å²) < 4.78 is 7.39. The standard InChI is InChI=1S/C19H26N4O2S/c1-3-25-13-7-12-20-18(24)14(2)26-19-22-21-17(15-10-11-15)23(19)16-8-5-4-6-9-16/h4-6,8-9,14-15H,3,7,10-13H2,1-2H3,(H,20,24). The number of rotatable bonds is 10. The summed E-state index contributed by atoms with van der Waals surface area (Å²) in [6, 6.07) is 10.1. The number of para-hydroxylation sites is 1. The van der Waals surface area contributed by atoms with Gasteiger partial charge in [-0.1, -0.05) is 30.0 Å². The van der Waals surface area contributed by atoms with E-state index in [2.05, 4.69) is 32.2 Å². The van der Waals surface area contributed by atoms with Crippen LogP contribution in [-0.4, -0.2) is 45.7 Å². The van der Waals surface area contributed by atoms with Crippen molar-refractivity contribution in [2.45, 2.75) is 49.4 Å². The number of thioether (sulfide) groups is 1. The van der Waals surface area contributed by atoms with Gasteiger partial charge in [-0.25, -0.2) is 0 Å². The number of carbonyl (C=O) groups is 1. The number of hydrogen-bond acceptors (Lipinski definition) is 5. The van der Waals surface area contributed by atoms with Crippen LogP contribution in [0.2, 0.25) is 0 Å². The van der Waals surface area contributed by atoms with Gasteiger partial charge in [-0.3, -0.25) is 9.36 Å². The van der Waals surface area contributed by atoms with Crippen LogP contribution in [0, 0.1) is 0 Å². The summed E-state index contributed by atoms with van der Waals surface area (Å²) in [5.41, 5.74) is 1.05. The average molecular weight is 375 g/mol. The smallest absolute Gasteiger partial charge is 0.233 e. The van der Waals surface area contributed by atoms with Crippen LogP contribution in [0.3, 0.4) is 0 Å². The van der Waals surface area contributed by atoms with Crippen LogP contribution in [0.15, 0.2) is 35.5 Å². The van der Waals surface area contributed by atoms with E-state index < -0.39 is 0 Å². The first-order valence-corrected chi connectivity index (χ1v) is 10.1. The highest BCUT2D eigenvalue weighted by molar-refractivity contribution is 8.00. The lowest BCUT2D eigenvalue weighted by atomic mass is 10.3. The molecule has 1 saturated carbocycles. The molecule has 0 bridgehead atoms. The van der Waals surface area contributed by atoms with Crippen LogP contribution in [0.4, 0.5) is 0 Å². The normalized spacial score (nSPS) is 15.0. The molecule has 1 N–H and O–H groups in total. The van der Waals surface area contributed by atoms with Crippen molar-refractivity contribution in [2.24, 2.45) is 0 Å². The Morgan fingerprint density at radius 1 is 1.35 bits per heavy atom. The number of amides is 1. The first kappa shape index (κ1) is 18.9. The maximum Gasteiger partial charge on any atom is 0.233 e. The predicted molar refractivity (Wildman–Crippen MR) is 103 cm³/mol. The quantitative estimate of drug-likeness (QED) is 0.511. The molecule has 1 aromatic heterocycles. The number of carbonyl (C=O) groups excluding carboxylic acids is 1. The first-order valence-electron chi connectivity index (χ1n) is 9.23. The van der Waals surface area contributed by atoms with Crippen LogP contribution >= 0.6 is 11.8 Å². The molecule has 1 heterocycles. The Labute approximate surface area is 158 Å². The van der Waals surface area contributed by atoms with E-state index in [1.165, 1.54) is 11.8 Å². The number of ether oxygens (including phenoxy) is 1. The fourth-order valence-electron chi connectivity index (χ4n) is 2.67. The SMILES string of the molecule is CCOCCCNC(=O)C(C)Sc1nnc(C2CC2)n1-c1ccccc1. The van der Waals surface area contributed by atoms with E-state index in [4.69, 9.17) is 4.74 Å². The largest absolute Gasteiger partial charge is 0.382 e. The fraction of sp³-hybridized carbons (Fsp3) is 0.526. The van der Waals surface area contributed by atoms with Gasteiger partial charge in [-0.2, -0.15) is 0 Å². The Hall–Kier alpha value is -1.86. The molecule has 6 nitrogen and oxygen atoms in total. The van der Waals surface area contributed by atoms with Gasteiger partial charge in [0.2, 0.25) is 5.91 Å². The lowest BCUT2D eigenvalue weighted by molar-refractivity contribution is -0.120. The Kier molecular flexibility index (Phi) is 6.68. The minimum Gasteiger partial charge on any atom is -0.382 e. The predicted octanol–water partition coefficient (Wildman–Crippen LogP) is 3.17. The molecule has 3 rings (SSSR count). The number of benzene rings is 1. The minimum atomic E-state index is -0.235. The van der Waals surface area contributed by atoms with Crippen molar-refractivity contribution in [1.29, 1.82) is 0 Å². The summed E-state index contributed by atoms with van der Waals surface area (Å²) in [7, 11) is 0. The second-order valence-corrected chi connectivity index (χ2v) is 7.70. The lowest BCUT2D eigenvalue weighted by Crippen LogP contribution is -2.32. The molecular formula is C19H26N4O2S. The summed E-state index contributed by atoms with van der Waals surface area (Å²) >= 11 is 1.45. The lowest BCUT2D eigenvalue weighted by Gasteiger charge is -2.13. The van der Waals surface area contributed by atoms with Crippen LogP contribution < -0.4 is 5.32 Å². The van der Waals surface area contributed by atoms with Gasteiger partial charge in [0.05, 0.1) is 5.25 Å². The maximum absolute atomic E-state index is 12.4. The summed E-state index contributed by atoms with van der Waals surface area (Å²) in [4.78, 5) is 12.4. The third-order valence-electron chi connectivity index (χ3n) is 4.24. The number of hydrogen-bond donors (Lipinski definition) is 1. The Morgan fingerprint density at radius 3 is 2.81 bits per heavy atom. The van der Waals surface area contributed by atoms with E-state index in [0.29, 0.717) is 25.7 Å². The molecular weight excluding hydrogens is 348 g/mol. The summed E-state index contributed by atoms with van der Waals surface area (Å²) in [6.07, 6.45) is 3.14. The molecule has 1 amide bonds. The number of nitrogens with zero attached hydrogens (tertiary/aromatic N) is 3. The monoisotopic (exact) mass is 374 g/mol. The van der Waals surface area contributed by atoms with Gasteiger partial charge in [-0.05, 0) is 45.2 Å². The zero-order valence-electron chi connectivity index (χ0n) is 15.4. The van der Waals surface area contributed by atoms with Crippen molar-refractivity contribution in [1.82, 2.24) is 20.1 Å². The molecule has 2 aromatic rings. The molecule has 1 unspecified atom stereocenters. The minimum absolute atomic E-state index is 0.0158. The third-order valence-corrected chi connectivity index (χ3v) is 5.28. The Morgan fingerprint density at radius 2 is 2.12 bits per heavy atom. The molecule has 1 fully saturated rings. The van der Waals surface area contributed by atoms with Crippen LogP contribution in [0.25, 0.3) is 5.69 Å². The zero-order valence-corrected chi connectivity index (χ0v) is 16.2. The third kappa shape index (κ3) is 4.86. The topological polar surface area (TPSA) is 69.0 Å². The summed E-state index contributed by atoms with van der Waals surface area (Å²) in [5.74, 6) is 1.50. The summed E-state index contributed by atoms with van der Waals surface area (Å²) in [5, 5.41) is 12.3. The molecule has 1 aliphatic rings. The number of nitrogens with one attached hydrogen (secondary N) is 1. The highest BCUT2D eigenvalue weighted by Crippen LogP contribution is 2.41. The van der Waals surface area contributed by atoms with E-state index in [1.54, 1.807) is 0 Å². The average Bonchev–Trinajstić information content (AvgIpc) is 3.42. The van der Waals surface area contributed by atoms with Gasteiger partial charge in [-0.15, -0.1) is 10.2 Å². The van der Waals surface area contributed by atoms with E-state index in [9.17, 15) is 4.79 Å². The second-order valence-electron chi connectivity index (χ2n) is 6.39. The van der Waals surface area contributed by atoms with E-state index >= 15 is 0 Å². The van der Waals surface area contributed by atoms with Crippen molar-refractivity contribution in [3.63, 3.8) is 0 Å². The molecule has 0 spiro atoms. The molecule has 1 aromatic carbocycles. The van der Waals surface area contributed by atoms with Crippen LogP contribution in [0.1, 0.15) is 44.9 Å². The van der Waals surface area contributed by atoms with Crippen LogP contribution in [-0.2, 0) is 9.53 Å². The molecule has 1 atom stereocenters. The second kappa shape index (κ2) is 9.19. The highest BCUT2D eigenvalue weighted by Gasteiger charge is 2.31. The van der Waals surface area contributed by atoms with Crippen molar-refractivity contribution in [3.8, 4) is 5.69 Å². The molecule has 7 heteroatoms.